The molecule has 0 unspecified atom stereocenters. The largest absolute Gasteiger partial charge is 0.326 e. The number of nitrogens with one attached hydrogen (secondary N) is 2. The first-order chi connectivity index (χ1) is 11.1. The summed E-state index contributed by atoms with van der Waals surface area (Å²) < 4.78 is 12.7. The Bertz CT molecular complexity index is 685. The van der Waals surface area contributed by atoms with Crippen molar-refractivity contribution < 1.29 is 14.0 Å². The van der Waals surface area contributed by atoms with Gasteiger partial charge in [0, 0.05) is 18.5 Å². The van der Waals surface area contributed by atoms with Gasteiger partial charge in [0.25, 0.3) is 0 Å². The molecule has 23 heavy (non-hydrogen) atoms. The highest BCUT2D eigenvalue weighted by molar-refractivity contribution is 5.93. The zero-order valence-corrected chi connectivity index (χ0v) is 12.3. The lowest BCUT2D eigenvalue weighted by Gasteiger charge is -2.04. The molecule has 6 heteroatoms. The van der Waals surface area contributed by atoms with Gasteiger partial charge in [0.15, 0.2) is 0 Å². The Kier molecular flexibility index (Phi) is 5.99. The molecule has 0 aliphatic rings. The normalized spacial score (nSPS) is 10.5. The van der Waals surface area contributed by atoms with E-state index < -0.39 is 0 Å². The number of amides is 2. The van der Waals surface area contributed by atoms with E-state index >= 15 is 0 Å². The topological polar surface area (TPSA) is 70.6 Å². The van der Waals surface area contributed by atoms with Gasteiger partial charge in [0.1, 0.15) is 5.82 Å². The summed E-state index contributed by atoms with van der Waals surface area (Å²) in [6, 6.07) is 14.7. The molecule has 0 radical (unpaired) electrons. The summed E-state index contributed by atoms with van der Waals surface area (Å²) in [5.74, 6) is -0.948. The molecule has 5 nitrogen and oxygen atoms in total. The van der Waals surface area contributed by atoms with E-state index in [-0.39, 0.29) is 30.5 Å². The second-order valence-corrected chi connectivity index (χ2v) is 4.76. The standard InChI is InChI=1S/C17H16FN3O2/c18-14-8-6-13(7-9-14)12-19-21-17(23)11-10-16(22)20-15-4-2-1-3-5-15/h1-9,12H,10-11H2,(H,20,22)(H,21,23)/b19-12+. The minimum atomic E-state index is -0.369. The van der Waals surface area contributed by atoms with Crippen LogP contribution in [-0.4, -0.2) is 18.0 Å². The molecule has 0 aliphatic carbocycles. The summed E-state index contributed by atoms with van der Waals surface area (Å²) in [5, 5.41) is 6.45. The van der Waals surface area contributed by atoms with Gasteiger partial charge >= 0.3 is 0 Å². The molecule has 2 N–H and O–H groups in total. The predicted octanol–water partition coefficient (Wildman–Crippen LogP) is 2.69. The number of carbonyl (C=O) groups is 2. The fourth-order valence-electron chi connectivity index (χ4n) is 1.76. The fourth-order valence-corrected chi connectivity index (χ4v) is 1.76. The zero-order chi connectivity index (χ0) is 16.5. The molecule has 0 heterocycles. The molecule has 0 saturated carbocycles. The molecule has 118 valence electrons. The van der Waals surface area contributed by atoms with Crippen molar-refractivity contribution in [1.82, 2.24) is 5.43 Å². The Morgan fingerprint density at radius 2 is 1.61 bits per heavy atom. The van der Waals surface area contributed by atoms with Crippen molar-refractivity contribution in [3.05, 3.63) is 66.0 Å². The molecule has 0 atom stereocenters. The van der Waals surface area contributed by atoms with Gasteiger partial charge in [0.05, 0.1) is 6.21 Å². The SMILES string of the molecule is O=C(CCC(=O)Nc1ccccc1)N/N=C/c1ccc(F)cc1. The van der Waals surface area contributed by atoms with Crippen LogP contribution in [-0.2, 0) is 9.59 Å². The minimum Gasteiger partial charge on any atom is -0.326 e. The third-order valence-electron chi connectivity index (χ3n) is 2.91. The number of halogens is 1. The van der Waals surface area contributed by atoms with Gasteiger partial charge in [-0.15, -0.1) is 0 Å². The van der Waals surface area contributed by atoms with Gasteiger partial charge < -0.3 is 5.32 Å². The highest BCUT2D eigenvalue weighted by atomic mass is 19.1. The molecular formula is C17H16FN3O2. The van der Waals surface area contributed by atoms with E-state index in [4.69, 9.17) is 0 Å². The number of anilines is 1. The van der Waals surface area contributed by atoms with Crippen LogP contribution in [0.1, 0.15) is 18.4 Å². The van der Waals surface area contributed by atoms with Crippen molar-refractivity contribution in [2.75, 3.05) is 5.32 Å². The molecule has 2 aromatic rings. The summed E-state index contributed by atoms with van der Waals surface area (Å²) in [7, 11) is 0. The number of para-hydroxylation sites is 1. The van der Waals surface area contributed by atoms with Gasteiger partial charge in [0.2, 0.25) is 11.8 Å². The van der Waals surface area contributed by atoms with Crippen molar-refractivity contribution in [2.45, 2.75) is 12.8 Å². The molecule has 0 saturated heterocycles. The van der Waals surface area contributed by atoms with Crippen LogP contribution in [0.15, 0.2) is 59.7 Å². The molecule has 2 aromatic carbocycles. The number of hydrogen-bond acceptors (Lipinski definition) is 3. The van der Waals surface area contributed by atoms with Crippen LogP contribution in [0.5, 0.6) is 0 Å². The highest BCUT2D eigenvalue weighted by Gasteiger charge is 2.06. The monoisotopic (exact) mass is 313 g/mol. The number of hydrazone groups is 1. The number of benzene rings is 2. The Balaban J connectivity index is 1.70. The summed E-state index contributed by atoms with van der Waals surface area (Å²) >= 11 is 0. The summed E-state index contributed by atoms with van der Waals surface area (Å²) in [6.07, 6.45) is 1.49. The molecule has 2 rings (SSSR count). The second-order valence-electron chi connectivity index (χ2n) is 4.76. The van der Waals surface area contributed by atoms with E-state index in [0.717, 1.165) is 0 Å². The number of rotatable bonds is 6. The highest BCUT2D eigenvalue weighted by Crippen LogP contribution is 2.06. The maximum atomic E-state index is 12.7. The van der Waals surface area contributed by atoms with E-state index in [2.05, 4.69) is 15.8 Å². The Morgan fingerprint density at radius 1 is 0.957 bits per heavy atom. The van der Waals surface area contributed by atoms with Gasteiger partial charge in [-0.25, -0.2) is 9.82 Å². The first-order valence-corrected chi connectivity index (χ1v) is 7.06. The zero-order valence-electron chi connectivity index (χ0n) is 12.3. The summed E-state index contributed by atoms with van der Waals surface area (Å²) in [6.45, 7) is 0. The van der Waals surface area contributed by atoms with Gasteiger partial charge in [-0.05, 0) is 29.8 Å². The van der Waals surface area contributed by atoms with Crippen LogP contribution in [0.4, 0.5) is 10.1 Å². The van der Waals surface area contributed by atoms with Crippen LogP contribution >= 0.6 is 0 Å². The van der Waals surface area contributed by atoms with Gasteiger partial charge in [-0.3, -0.25) is 9.59 Å². The van der Waals surface area contributed by atoms with Gasteiger partial charge in [-0.1, -0.05) is 30.3 Å². The molecule has 0 bridgehead atoms. The van der Waals surface area contributed by atoms with Crippen LogP contribution in [0, 0.1) is 5.82 Å². The van der Waals surface area contributed by atoms with E-state index in [1.807, 2.05) is 18.2 Å². The third kappa shape index (κ3) is 6.09. The first-order valence-electron chi connectivity index (χ1n) is 7.06. The minimum absolute atomic E-state index is 0.0272. The molecule has 0 aliphatic heterocycles. The summed E-state index contributed by atoms with van der Waals surface area (Å²) in [5.41, 5.74) is 3.67. The van der Waals surface area contributed by atoms with Crippen molar-refractivity contribution in [3.8, 4) is 0 Å². The summed E-state index contributed by atoms with van der Waals surface area (Å²) in [4.78, 5) is 23.3. The average molecular weight is 313 g/mol. The average Bonchev–Trinajstić information content (AvgIpc) is 2.56. The van der Waals surface area contributed by atoms with E-state index in [1.165, 1.54) is 30.5 Å². The number of carbonyl (C=O) groups excluding carboxylic acids is 2. The van der Waals surface area contributed by atoms with Crippen LogP contribution < -0.4 is 10.7 Å². The Labute approximate surface area is 133 Å². The Morgan fingerprint density at radius 3 is 2.30 bits per heavy atom. The maximum Gasteiger partial charge on any atom is 0.240 e. The molecular weight excluding hydrogens is 297 g/mol. The van der Waals surface area contributed by atoms with E-state index in [1.54, 1.807) is 12.1 Å². The molecule has 2 amide bonds. The van der Waals surface area contributed by atoms with Crippen LogP contribution in [0.2, 0.25) is 0 Å². The van der Waals surface area contributed by atoms with Crippen LogP contribution in [0.3, 0.4) is 0 Å². The maximum absolute atomic E-state index is 12.7. The number of hydrogen-bond donors (Lipinski definition) is 2. The van der Waals surface area contributed by atoms with E-state index in [9.17, 15) is 14.0 Å². The van der Waals surface area contributed by atoms with Crippen molar-refractivity contribution >= 4 is 23.7 Å². The quantitative estimate of drug-likeness (QED) is 0.636. The smallest absolute Gasteiger partial charge is 0.240 e. The second kappa shape index (κ2) is 8.43. The molecule has 0 spiro atoms. The number of nitrogens with zero attached hydrogens (tertiary/aromatic N) is 1. The lowest BCUT2D eigenvalue weighted by atomic mass is 10.2. The Hall–Kier alpha value is -3.02. The lowest BCUT2D eigenvalue weighted by Crippen LogP contribution is -2.20. The van der Waals surface area contributed by atoms with Crippen molar-refractivity contribution in [2.24, 2.45) is 5.10 Å². The van der Waals surface area contributed by atoms with Crippen molar-refractivity contribution in [1.29, 1.82) is 0 Å². The predicted molar refractivity (Wildman–Crippen MR) is 86.4 cm³/mol. The van der Waals surface area contributed by atoms with Crippen molar-refractivity contribution in [3.63, 3.8) is 0 Å². The van der Waals surface area contributed by atoms with Gasteiger partial charge in [-0.2, -0.15) is 5.10 Å². The van der Waals surface area contributed by atoms with E-state index in [0.29, 0.717) is 11.3 Å². The lowest BCUT2D eigenvalue weighted by molar-refractivity contribution is -0.124. The fraction of sp³-hybridized carbons (Fsp3) is 0.118. The van der Waals surface area contributed by atoms with Crippen LogP contribution in [0.25, 0.3) is 0 Å². The molecule has 0 fully saturated rings. The molecule has 0 aromatic heterocycles. The third-order valence-corrected chi connectivity index (χ3v) is 2.91. The first kappa shape index (κ1) is 16.4.